The van der Waals surface area contributed by atoms with Crippen LogP contribution in [0.25, 0.3) is 0 Å². The topological polar surface area (TPSA) is 38.7 Å². The summed E-state index contributed by atoms with van der Waals surface area (Å²) in [5.41, 5.74) is 0. The summed E-state index contributed by atoms with van der Waals surface area (Å²) in [6.07, 6.45) is 9.64. The zero-order valence-electron chi connectivity index (χ0n) is 10.1. The number of methoxy groups -OCH3 is 1. The largest absolute Gasteiger partial charge is 0.379 e. The number of allylic oxidation sites excluding steroid dienone is 4. The predicted molar refractivity (Wildman–Crippen MR) is 66.1 cm³/mol. The molecule has 0 heterocycles. The zero-order chi connectivity index (χ0) is 12.2. The molecule has 0 aliphatic rings. The maximum atomic E-state index is 9.44. The molecule has 0 aliphatic heterocycles. The molecule has 3 heteroatoms. The van der Waals surface area contributed by atoms with Gasteiger partial charge < -0.3 is 14.6 Å². The number of hydrogen-bond acceptors (Lipinski definition) is 3. The van der Waals surface area contributed by atoms with Crippen molar-refractivity contribution in [3.8, 4) is 0 Å². The van der Waals surface area contributed by atoms with Crippen LogP contribution in [-0.4, -0.2) is 31.2 Å². The Morgan fingerprint density at radius 1 is 1.31 bits per heavy atom. The predicted octanol–water partition coefficient (Wildman–Crippen LogP) is 2.43. The lowest BCUT2D eigenvalue weighted by Crippen LogP contribution is -2.22. The maximum absolute atomic E-state index is 9.44. The molecule has 1 N–H and O–H groups in total. The summed E-state index contributed by atoms with van der Waals surface area (Å²) in [5, 5.41) is 9.44. The van der Waals surface area contributed by atoms with Crippen molar-refractivity contribution in [2.45, 2.75) is 32.2 Å². The summed E-state index contributed by atoms with van der Waals surface area (Å²) in [7, 11) is 1.65. The Labute approximate surface area is 98.1 Å². The molecule has 16 heavy (non-hydrogen) atoms. The van der Waals surface area contributed by atoms with Gasteiger partial charge in [0.25, 0.3) is 0 Å². The second-order valence-electron chi connectivity index (χ2n) is 3.38. The number of rotatable bonds is 9. The van der Waals surface area contributed by atoms with Crippen LogP contribution < -0.4 is 0 Å². The smallest absolute Gasteiger partial charge is 0.174 e. The standard InChI is InChI=1S/C13H22O3/c1-4-6-7-8-10-13(14)16-11-12(15-3)9-5-2/h4,6-8,10,12-14H,1,5,9,11H2,2-3H3/b7-6-,10-8+. The van der Waals surface area contributed by atoms with E-state index in [1.807, 2.05) is 0 Å². The summed E-state index contributed by atoms with van der Waals surface area (Å²) in [5.74, 6) is 0. The Morgan fingerprint density at radius 3 is 2.62 bits per heavy atom. The summed E-state index contributed by atoms with van der Waals surface area (Å²) in [4.78, 5) is 0. The first-order chi connectivity index (χ1) is 7.74. The van der Waals surface area contributed by atoms with Crippen molar-refractivity contribution in [2.75, 3.05) is 13.7 Å². The Kier molecular flexibility index (Phi) is 10.0. The minimum Gasteiger partial charge on any atom is -0.379 e. The molecule has 92 valence electrons. The minimum atomic E-state index is -0.885. The molecule has 2 unspecified atom stereocenters. The maximum Gasteiger partial charge on any atom is 0.174 e. The van der Waals surface area contributed by atoms with Gasteiger partial charge >= 0.3 is 0 Å². The van der Waals surface area contributed by atoms with Crippen LogP contribution in [0.5, 0.6) is 0 Å². The van der Waals surface area contributed by atoms with Crippen molar-refractivity contribution in [1.82, 2.24) is 0 Å². The molecule has 2 atom stereocenters. The van der Waals surface area contributed by atoms with Gasteiger partial charge in [-0.3, -0.25) is 0 Å². The average Bonchev–Trinajstić information content (AvgIpc) is 2.30. The highest BCUT2D eigenvalue weighted by molar-refractivity contribution is 5.09. The average molecular weight is 226 g/mol. The third-order valence-electron chi connectivity index (χ3n) is 2.03. The Bertz CT molecular complexity index is 221. The molecule has 0 radical (unpaired) electrons. The highest BCUT2D eigenvalue weighted by Gasteiger charge is 2.08. The fraction of sp³-hybridized carbons (Fsp3) is 0.538. The summed E-state index contributed by atoms with van der Waals surface area (Å²) < 4.78 is 10.4. The van der Waals surface area contributed by atoms with Crippen LogP contribution in [0, 0.1) is 0 Å². The highest BCUT2D eigenvalue weighted by Crippen LogP contribution is 2.03. The van der Waals surface area contributed by atoms with Gasteiger partial charge in [0.1, 0.15) is 0 Å². The summed E-state index contributed by atoms with van der Waals surface area (Å²) >= 11 is 0. The molecule has 0 rings (SSSR count). The summed E-state index contributed by atoms with van der Waals surface area (Å²) in [6.45, 7) is 6.03. The van der Waals surface area contributed by atoms with Crippen molar-refractivity contribution in [3.05, 3.63) is 37.0 Å². The molecule has 0 saturated heterocycles. The molecule has 0 spiro atoms. The lowest BCUT2D eigenvalue weighted by Gasteiger charge is -2.16. The van der Waals surface area contributed by atoms with Gasteiger partial charge in [-0.25, -0.2) is 0 Å². The highest BCUT2D eigenvalue weighted by atomic mass is 16.6. The summed E-state index contributed by atoms with van der Waals surface area (Å²) in [6, 6.07) is 0. The molecule has 0 bridgehead atoms. The first kappa shape index (κ1) is 15.1. The zero-order valence-corrected chi connectivity index (χ0v) is 10.1. The fourth-order valence-electron chi connectivity index (χ4n) is 1.15. The van der Waals surface area contributed by atoms with Crippen molar-refractivity contribution in [2.24, 2.45) is 0 Å². The van der Waals surface area contributed by atoms with Gasteiger partial charge in [-0.15, -0.1) is 0 Å². The van der Waals surface area contributed by atoms with Gasteiger partial charge in [0.15, 0.2) is 6.29 Å². The molecule has 0 aliphatic carbocycles. The van der Waals surface area contributed by atoms with E-state index < -0.39 is 6.29 Å². The van der Waals surface area contributed by atoms with E-state index in [1.165, 1.54) is 0 Å². The second-order valence-corrected chi connectivity index (χ2v) is 3.38. The molecule has 0 saturated carbocycles. The number of hydrogen-bond donors (Lipinski definition) is 1. The van der Waals surface area contributed by atoms with Gasteiger partial charge in [-0.05, 0) is 12.5 Å². The van der Waals surface area contributed by atoms with Crippen LogP contribution in [-0.2, 0) is 9.47 Å². The van der Waals surface area contributed by atoms with E-state index in [0.29, 0.717) is 6.61 Å². The SMILES string of the molecule is C=C/C=C\C=C\C(O)OCC(CCC)OC. The van der Waals surface area contributed by atoms with E-state index in [9.17, 15) is 5.11 Å². The monoisotopic (exact) mass is 226 g/mol. The van der Waals surface area contributed by atoms with E-state index >= 15 is 0 Å². The number of aliphatic hydroxyl groups excluding tert-OH is 1. The number of aliphatic hydroxyl groups is 1. The quantitative estimate of drug-likeness (QED) is 0.485. The Balaban J connectivity index is 3.77. The van der Waals surface area contributed by atoms with Crippen LogP contribution in [0.4, 0.5) is 0 Å². The lowest BCUT2D eigenvalue weighted by molar-refractivity contribution is -0.0994. The van der Waals surface area contributed by atoms with Crippen molar-refractivity contribution in [1.29, 1.82) is 0 Å². The minimum absolute atomic E-state index is 0.0526. The number of ether oxygens (including phenoxy) is 2. The molecule has 0 aromatic heterocycles. The van der Waals surface area contributed by atoms with Crippen LogP contribution in [0.1, 0.15) is 19.8 Å². The van der Waals surface area contributed by atoms with Gasteiger partial charge in [-0.1, -0.05) is 44.2 Å². The molecular weight excluding hydrogens is 204 g/mol. The third kappa shape index (κ3) is 8.41. The second kappa shape index (κ2) is 10.6. The molecule has 0 aromatic rings. The van der Waals surface area contributed by atoms with Crippen LogP contribution in [0.2, 0.25) is 0 Å². The molecule has 3 nitrogen and oxygen atoms in total. The molecule has 0 aromatic carbocycles. The van der Waals surface area contributed by atoms with Gasteiger partial charge in [-0.2, -0.15) is 0 Å². The van der Waals surface area contributed by atoms with E-state index in [0.717, 1.165) is 12.8 Å². The van der Waals surface area contributed by atoms with Gasteiger partial charge in [0.2, 0.25) is 0 Å². The van der Waals surface area contributed by atoms with Crippen molar-refractivity contribution >= 4 is 0 Å². The fourth-order valence-corrected chi connectivity index (χ4v) is 1.15. The van der Waals surface area contributed by atoms with Crippen molar-refractivity contribution in [3.63, 3.8) is 0 Å². The first-order valence-electron chi connectivity index (χ1n) is 5.53. The van der Waals surface area contributed by atoms with Crippen LogP contribution in [0.15, 0.2) is 37.0 Å². The molecular formula is C13H22O3. The van der Waals surface area contributed by atoms with E-state index in [-0.39, 0.29) is 6.10 Å². The van der Waals surface area contributed by atoms with Crippen LogP contribution in [0.3, 0.4) is 0 Å². The van der Waals surface area contributed by atoms with E-state index in [1.54, 1.807) is 37.5 Å². The van der Waals surface area contributed by atoms with Crippen molar-refractivity contribution < 1.29 is 14.6 Å². The van der Waals surface area contributed by atoms with E-state index in [2.05, 4.69) is 13.5 Å². The molecule has 0 amide bonds. The van der Waals surface area contributed by atoms with Crippen LogP contribution >= 0.6 is 0 Å². The third-order valence-corrected chi connectivity index (χ3v) is 2.03. The Morgan fingerprint density at radius 2 is 2.06 bits per heavy atom. The van der Waals surface area contributed by atoms with E-state index in [4.69, 9.17) is 9.47 Å². The first-order valence-corrected chi connectivity index (χ1v) is 5.53. The lowest BCUT2D eigenvalue weighted by atomic mass is 10.2. The molecule has 0 fully saturated rings. The van der Waals surface area contributed by atoms with Gasteiger partial charge in [0.05, 0.1) is 12.7 Å². The Hall–Kier alpha value is -0.900. The van der Waals surface area contributed by atoms with Gasteiger partial charge in [0, 0.05) is 7.11 Å². The normalized spacial score (nSPS) is 15.7.